The number of amides is 1. The van der Waals surface area contributed by atoms with E-state index in [1.54, 1.807) is 54.7 Å². The SMILES string of the molecule is Cn1ccnc1COc1ccc(C(=O)Nc2cccc(OCCS(C)(=O)=O)c2)cc1. The molecule has 3 aromatic rings. The quantitative estimate of drug-likeness (QED) is 0.561. The number of rotatable bonds is 9. The van der Waals surface area contributed by atoms with Gasteiger partial charge in [-0.25, -0.2) is 13.4 Å². The van der Waals surface area contributed by atoms with Gasteiger partial charge in [-0.2, -0.15) is 0 Å². The van der Waals surface area contributed by atoms with Crippen LogP contribution in [0.15, 0.2) is 60.9 Å². The van der Waals surface area contributed by atoms with Crippen molar-refractivity contribution in [3.63, 3.8) is 0 Å². The molecule has 0 fully saturated rings. The third-order valence-electron chi connectivity index (χ3n) is 4.22. The van der Waals surface area contributed by atoms with Gasteiger partial charge in [-0.3, -0.25) is 4.79 Å². The van der Waals surface area contributed by atoms with Crippen molar-refractivity contribution >= 4 is 21.4 Å². The topological polar surface area (TPSA) is 99.5 Å². The molecule has 9 heteroatoms. The van der Waals surface area contributed by atoms with E-state index < -0.39 is 9.84 Å². The lowest BCUT2D eigenvalue weighted by Gasteiger charge is -2.10. The van der Waals surface area contributed by atoms with E-state index >= 15 is 0 Å². The minimum absolute atomic E-state index is 0.0516. The van der Waals surface area contributed by atoms with Crippen molar-refractivity contribution in [2.24, 2.45) is 7.05 Å². The molecule has 1 aromatic heterocycles. The van der Waals surface area contributed by atoms with Crippen molar-refractivity contribution in [2.75, 3.05) is 23.9 Å². The van der Waals surface area contributed by atoms with Gasteiger partial charge in [-0.1, -0.05) is 6.07 Å². The molecular weight excluding hydrogens is 406 g/mol. The van der Waals surface area contributed by atoms with E-state index in [1.165, 1.54) is 0 Å². The van der Waals surface area contributed by atoms with Gasteiger partial charge >= 0.3 is 0 Å². The Bertz CT molecular complexity index is 1110. The van der Waals surface area contributed by atoms with Crippen LogP contribution in [0.3, 0.4) is 0 Å². The summed E-state index contributed by atoms with van der Waals surface area (Å²) in [4.78, 5) is 16.7. The average molecular weight is 429 g/mol. The Morgan fingerprint density at radius 3 is 2.53 bits per heavy atom. The molecule has 30 heavy (non-hydrogen) atoms. The van der Waals surface area contributed by atoms with Gasteiger partial charge in [0.05, 0.1) is 5.75 Å². The van der Waals surface area contributed by atoms with Crippen molar-refractivity contribution in [1.29, 1.82) is 0 Å². The van der Waals surface area contributed by atoms with E-state index in [9.17, 15) is 13.2 Å². The molecule has 158 valence electrons. The molecule has 8 nitrogen and oxygen atoms in total. The van der Waals surface area contributed by atoms with Crippen LogP contribution in [0.2, 0.25) is 0 Å². The summed E-state index contributed by atoms with van der Waals surface area (Å²) in [5.41, 5.74) is 1.02. The van der Waals surface area contributed by atoms with Crippen LogP contribution >= 0.6 is 0 Å². The zero-order chi connectivity index (χ0) is 21.6. The van der Waals surface area contributed by atoms with Crippen LogP contribution in [0.4, 0.5) is 5.69 Å². The number of sulfone groups is 1. The first-order chi connectivity index (χ1) is 14.3. The fourth-order valence-corrected chi connectivity index (χ4v) is 2.95. The Morgan fingerprint density at radius 2 is 1.87 bits per heavy atom. The largest absolute Gasteiger partial charge is 0.492 e. The Kier molecular flexibility index (Phi) is 6.73. The van der Waals surface area contributed by atoms with E-state index in [0.717, 1.165) is 12.1 Å². The molecular formula is C21H23N3O5S. The number of carbonyl (C=O) groups is 1. The molecule has 0 aliphatic rings. The summed E-state index contributed by atoms with van der Waals surface area (Å²) >= 11 is 0. The van der Waals surface area contributed by atoms with Gasteiger partial charge in [-0.05, 0) is 36.4 Å². The van der Waals surface area contributed by atoms with Gasteiger partial charge < -0.3 is 19.4 Å². The van der Waals surface area contributed by atoms with Crippen LogP contribution < -0.4 is 14.8 Å². The normalized spacial score (nSPS) is 11.1. The number of imidazole rings is 1. The average Bonchev–Trinajstić information content (AvgIpc) is 3.11. The monoisotopic (exact) mass is 429 g/mol. The van der Waals surface area contributed by atoms with Crippen molar-refractivity contribution in [2.45, 2.75) is 6.61 Å². The van der Waals surface area contributed by atoms with Crippen LogP contribution in [0, 0.1) is 0 Å². The number of anilines is 1. The minimum atomic E-state index is -3.09. The van der Waals surface area contributed by atoms with E-state index in [0.29, 0.717) is 29.4 Å². The zero-order valence-corrected chi connectivity index (χ0v) is 17.6. The molecule has 2 aromatic carbocycles. The van der Waals surface area contributed by atoms with Gasteiger partial charge in [0.1, 0.15) is 30.5 Å². The van der Waals surface area contributed by atoms with Crippen LogP contribution in [-0.4, -0.2) is 42.5 Å². The van der Waals surface area contributed by atoms with E-state index in [1.807, 2.05) is 17.8 Å². The Labute approximate surface area is 175 Å². The number of hydrogen-bond acceptors (Lipinski definition) is 6. The second kappa shape index (κ2) is 9.45. The van der Waals surface area contributed by atoms with Crippen LogP contribution in [0.1, 0.15) is 16.2 Å². The number of hydrogen-bond donors (Lipinski definition) is 1. The molecule has 0 saturated heterocycles. The molecule has 0 atom stereocenters. The predicted molar refractivity (Wildman–Crippen MR) is 114 cm³/mol. The lowest BCUT2D eigenvalue weighted by molar-refractivity contribution is 0.102. The molecule has 0 aliphatic heterocycles. The molecule has 0 saturated carbocycles. The van der Waals surface area contributed by atoms with Gasteiger partial charge in [0.2, 0.25) is 0 Å². The molecule has 1 heterocycles. The summed E-state index contributed by atoms with van der Waals surface area (Å²) in [6.07, 6.45) is 4.71. The van der Waals surface area contributed by atoms with E-state index in [-0.39, 0.29) is 18.3 Å². The standard InChI is InChI=1S/C21H23N3O5S/c1-24-11-10-22-20(24)15-29-18-8-6-16(7-9-18)21(25)23-17-4-3-5-19(14-17)28-12-13-30(2,26)27/h3-11,14H,12-13,15H2,1-2H3,(H,23,25). The second-order valence-corrected chi connectivity index (χ2v) is 8.99. The number of nitrogens with one attached hydrogen (secondary N) is 1. The number of ether oxygens (including phenoxy) is 2. The summed E-state index contributed by atoms with van der Waals surface area (Å²) in [6, 6.07) is 13.6. The van der Waals surface area contributed by atoms with E-state index in [4.69, 9.17) is 9.47 Å². The van der Waals surface area contributed by atoms with Crippen molar-refractivity contribution in [3.05, 3.63) is 72.3 Å². The fraction of sp³-hybridized carbons (Fsp3) is 0.238. The Morgan fingerprint density at radius 1 is 1.10 bits per heavy atom. The number of aryl methyl sites for hydroxylation is 1. The highest BCUT2D eigenvalue weighted by atomic mass is 32.2. The first kappa shape index (κ1) is 21.4. The highest BCUT2D eigenvalue weighted by Gasteiger charge is 2.08. The number of benzene rings is 2. The maximum atomic E-state index is 12.5. The Hall–Kier alpha value is -3.33. The maximum absolute atomic E-state index is 12.5. The molecule has 0 aliphatic carbocycles. The van der Waals surface area contributed by atoms with Gasteiger partial charge in [-0.15, -0.1) is 0 Å². The molecule has 3 rings (SSSR count). The Balaban J connectivity index is 1.55. The number of nitrogens with zero attached hydrogens (tertiary/aromatic N) is 2. The zero-order valence-electron chi connectivity index (χ0n) is 16.7. The lowest BCUT2D eigenvalue weighted by atomic mass is 10.2. The van der Waals surface area contributed by atoms with Crippen molar-refractivity contribution in [3.8, 4) is 11.5 Å². The van der Waals surface area contributed by atoms with Gasteiger partial charge in [0.25, 0.3) is 5.91 Å². The number of carbonyl (C=O) groups excluding carboxylic acids is 1. The van der Waals surface area contributed by atoms with Gasteiger partial charge in [0.15, 0.2) is 9.84 Å². The first-order valence-corrected chi connectivity index (χ1v) is 11.3. The maximum Gasteiger partial charge on any atom is 0.255 e. The highest BCUT2D eigenvalue weighted by Crippen LogP contribution is 2.19. The number of aromatic nitrogens is 2. The summed E-state index contributed by atoms with van der Waals surface area (Å²) in [5, 5.41) is 2.80. The molecule has 0 radical (unpaired) electrons. The summed E-state index contributed by atoms with van der Waals surface area (Å²) in [6.45, 7) is 0.386. The third kappa shape index (κ3) is 6.35. The molecule has 1 N–H and O–H groups in total. The second-order valence-electron chi connectivity index (χ2n) is 6.73. The van der Waals surface area contributed by atoms with Crippen molar-refractivity contribution < 1.29 is 22.7 Å². The smallest absolute Gasteiger partial charge is 0.255 e. The third-order valence-corrected chi connectivity index (χ3v) is 5.13. The summed E-state index contributed by atoms with van der Waals surface area (Å²) in [5.74, 6) is 1.57. The lowest BCUT2D eigenvalue weighted by Crippen LogP contribution is -2.13. The highest BCUT2D eigenvalue weighted by molar-refractivity contribution is 7.90. The fourth-order valence-electron chi connectivity index (χ4n) is 2.56. The van der Waals surface area contributed by atoms with Crippen LogP contribution in [0.25, 0.3) is 0 Å². The minimum Gasteiger partial charge on any atom is -0.492 e. The first-order valence-electron chi connectivity index (χ1n) is 9.21. The molecule has 0 unspecified atom stereocenters. The summed E-state index contributed by atoms with van der Waals surface area (Å²) < 4.78 is 35.4. The molecule has 0 spiro atoms. The van der Waals surface area contributed by atoms with E-state index in [2.05, 4.69) is 10.3 Å². The molecule has 1 amide bonds. The predicted octanol–water partition coefficient (Wildman–Crippen LogP) is 2.67. The van der Waals surface area contributed by atoms with Crippen molar-refractivity contribution in [1.82, 2.24) is 9.55 Å². The summed E-state index contributed by atoms with van der Waals surface area (Å²) in [7, 11) is -1.20. The van der Waals surface area contributed by atoms with Crippen LogP contribution in [0.5, 0.6) is 11.5 Å². The van der Waals surface area contributed by atoms with Crippen LogP contribution in [-0.2, 0) is 23.5 Å². The molecule has 0 bridgehead atoms. The van der Waals surface area contributed by atoms with Gasteiger partial charge in [0, 0.05) is 43.0 Å².